The highest BCUT2D eigenvalue weighted by Crippen LogP contribution is 2.16. The van der Waals surface area contributed by atoms with E-state index in [4.69, 9.17) is 5.11 Å². The Kier molecular flexibility index (Phi) is 5.41. The first-order chi connectivity index (χ1) is 4.84. The van der Waals surface area contributed by atoms with Crippen molar-refractivity contribution in [3.63, 3.8) is 0 Å². The molecule has 0 aromatic rings. The van der Waals surface area contributed by atoms with E-state index >= 15 is 0 Å². The van der Waals surface area contributed by atoms with Gasteiger partial charge in [-0.1, -0.05) is 6.42 Å². The van der Waals surface area contributed by atoms with Crippen LogP contribution in [0.15, 0.2) is 0 Å². The second kappa shape index (κ2) is 5.49. The molecule has 4 nitrogen and oxygen atoms in total. The molecular formula is C7H17NO3. The summed E-state index contributed by atoms with van der Waals surface area (Å²) in [5.41, 5.74) is 0. The average Bonchev–Trinajstić information content (AvgIpc) is 1.94. The number of piperidine rings is 1. The normalized spacial score (nSPS) is 26.2. The van der Waals surface area contributed by atoms with Gasteiger partial charge >= 0.3 is 0 Å². The van der Waals surface area contributed by atoms with E-state index in [2.05, 4.69) is 0 Å². The Morgan fingerprint density at radius 3 is 2.64 bits per heavy atom. The number of nitrogens with zero attached hydrogens (tertiary/aromatic N) is 1. The topological polar surface area (TPSA) is 75.2 Å². The molecule has 1 saturated heterocycles. The summed E-state index contributed by atoms with van der Waals surface area (Å²) in [4.78, 5) is 0. The highest BCUT2D eigenvalue weighted by atomic mass is 16.5. The zero-order valence-corrected chi connectivity index (χ0v) is 6.66. The molecule has 1 aliphatic heterocycles. The van der Waals surface area contributed by atoms with Crippen molar-refractivity contribution in [1.82, 2.24) is 5.06 Å². The molecule has 1 unspecified atom stereocenters. The van der Waals surface area contributed by atoms with Gasteiger partial charge in [-0.25, -0.2) is 0 Å². The second-order valence-electron chi connectivity index (χ2n) is 2.82. The average molecular weight is 163 g/mol. The van der Waals surface area contributed by atoms with Crippen molar-refractivity contribution in [2.75, 3.05) is 13.2 Å². The lowest BCUT2D eigenvalue weighted by Crippen LogP contribution is -2.37. The van der Waals surface area contributed by atoms with Crippen molar-refractivity contribution in [3.05, 3.63) is 0 Å². The Morgan fingerprint density at radius 2 is 2.09 bits per heavy atom. The molecule has 0 spiro atoms. The zero-order chi connectivity index (χ0) is 7.40. The smallest absolute Gasteiger partial charge is 0.0446 e. The molecule has 0 aromatic carbocycles. The molecule has 1 heterocycles. The predicted octanol–water partition coefficient (Wildman–Crippen LogP) is -0.212. The van der Waals surface area contributed by atoms with Crippen LogP contribution in [0, 0.1) is 0 Å². The number of hydrogen-bond donors (Lipinski definition) is 2. The minimum absolute atomic E-state index is 0. The molecule has 1 atom stereocenters. The fourth-order valence-electron chi connectivity index (χ4n) is 1.43. The van der Waals surface area contributed by atoms with Crippen LogP contribution in [-0.4, -0.2) is 40.0 Å². The number of aliphatic hydroxyl groups excluding tert-OH is 1. The summed E-state index contributed by atoms with van der Waals surface area (Å²) in [6, 6.07) is 0.207. The van der Waals surface area contributed by atoms with Crippen LogP contribution in [0.1, 0.15) is 25.7 Å². The van der Waals surface area contributed by atoms with Gasteiger partial charge in [0.15, 0.2) is 0 Å². The Bertz CT molecular complexity index is 97.7. The van der Waals surface area contributed by atoms with Crippen LogP contribution in [-0.2, 0) is 0 Å². The SMILES string of the molecule is O.OCCC1CCCCN1O. The predicted molar refractivity (Wildman–Crippen MR) is 41.4 cm³/mol. The molecule has 0 saturated carbocycles. The van der Waals surface area contributed by atoms with E-state index in [0.29, 0.717) is 6.42 Å². The highest BCUT2D eigenvalue weighted by Gasteiger charge is 2.19. The van der Waals surface area contributed by atoms with Gasteiger partial charge in [0.05, 0.1) is 0 Å². The molecule has 0 aromatic heterocycles. The first-order valence-corrected chi connectivity index (χ1v) is 3.91. The van der Waals surface area contributed by atoms with Crippen molar-refractivity contribution in [2.45, 2.75) is 31.7 Å². The minimum Gasteiger partial charge on any atom is -0.412 e. The van der Waals surface area contributed by atoms with Crippen LogP contribution in [0.3, 0.4) is 0 Å². The molecule has 1 fully saturated rings. The third kappa shape index (κ3) is 3.16. The first-order valence-electron chi connectivity index (χ1n) is 3.91. The summed E-state index contributed by atoms with van der Waals surface area (Å²) in [5, 5.41) is 19.2. The van der Waals surface area contributed by atoms with E-state index < -0.39 is 0 Å². The van der Waals surface area contributed by atoms with Gasteiger partial charge in [0, 0.05) is 19.2 Å². The monoisotopic (exact) mass is 163 g/mol. The molecule has 0 amide bonds. The lowest BCUT2D eigenvalue weighted by atomic mass is 10.0. The molecule has 4 N–H and O–H groups in total. The van der Waals surface area contributed by atoms with Crippen molar-refractivity contribution in [1.29, 1.82) is 0 Å². The highest BCUT2D eigenvalue weighted by molar-refractivity contribution is 4.70. The maximum absolute atomic E-state index is 9.22. The number of hydroxylamine groups is 2. The Labute approximate surface area is 66.7 Å². The van der Waals surface area contributed by atoms with Crippen LogP contribution >= 0.6 is 0 Å². The second-order valence-corrected chi connectivity index (χ2v) is 2.82. The molecule has 68 valence electrons. The summed E-state index contributed by atoms with van der Waals surface area (Å²) in [5.74, 6) is 0. The third-order valence-corrected chi connectivity index (χ3v) is 2.06. The summed E-state index contributed by atoms with van der Waals surface area (Å²) in [7, 11) is 0. The lowest BCUT2D eigenvalue weighted by molar-refractivity contribution is -0.145. The fraction of sp³-hybridized carbons (Fsp3) is 1.00. The maximum Gasteiger partial charge on any atom is 0.0446 e. The van der Waals surface area contributed by atoms with Crippen LogP contribution in [0.4, 0.5) is 0 Å². The van der Waals surface area contributed by atoms with Crippen LogP contribution < -0.4 is 0 Å². The van der Waals surface area contributed by atoms with Gasteiger partial charge in [0.2, 0.25) is 0 Å². The molecule has 0 aliphatic carbocycles. The number of hydrogen-bond acceptors (Lipinski definition) is 3. The molecular weight excluding hydrogens is 146 g/mol. The Balaban J connectivity index is 0.000001000. The standard InChI is InChI=1S/C7H15NO2.H2O/c9-6-4-7-3-1-2-5-8(7)10;/h7,9-10H,1-6H2;1H2. The molecule has 1 aliphatic rings. The summed E-state index contributed by atoms with van der Waals surface area (Å²) in [6.45, 7) is 0.951. The van der Waals surface area contributed by atoms with Gasteiger partial charge in [-0.05, 0) is 19.3 Å². The van der Waals surface area contributed by atoms with E-state index in [-0.39, 0.29) is 18.1 Å². The molecule has 0 radical (unpaired) electrons. The van der Waals surface area contributed by atoms with Gasteiger partial charge < -0.3 is 15.8 Å². The van der Waals surface area contributed by atoms with Crippen molar-refractivity contribution in [2.24, 2.45) is 0 Å². The molecule has 0 bridgehead atoms. The maximum atomic E-state index is 9.22. The van der Waals surface area contributed by atoms with E-state index in [1.165, 1.54) is 11.5 Å². The van der Waals surface area contributed by atoms with E-state index in [9.17, 15) is 5.21 Å². The van der Waals surface area contributed by atoms with E-state index in [1.807, 2.05) is 0 Å². The van der Waals surface area contributed by atoms with E-state index in [1.54, 1.807) is 0 Å². The quantitative estimate of drug-likeness (QED) is 0.591. The third-order valence-electron chi connectivity index (χ3n) is 2.06. The largest absolute Gasteiger partial charge is 0.412 e. The summed E-state index contributed by atoms with van der Waals surface area (Å²) < 4.78 is 0. The summed E-state index contributed by atoms with van der Waals surface area (Å²) in [6.07, 6.45) is 3.99. The fourth-order valence-corrected chi connectivity index (χ4v) is 1.43. The van der Waals surface area contributed by atoms with Crippen LogP contribution in [0.2, 0.25) is 0 Å². The minimum atomic E-state index is 0. The van der Waals surface area contributed by atoms with Crippen LogP contribution in [0.5, 0.6) is 0 Å². The van der Waals surface area contributed by atoms with Gasteiger partial charge in [-0.3, -0.25) is 0 Å². The van der Waals surface area contributed by atoms with Gasteiger partial charge in [0.1, 0.15) is 0 Å². The van der Waals surface area contributed by atoms with Crippen molar-refractivity contribution in [3.8, 4) is 0 Å². The Morgan fingerprint density at radius 1 is 1.36 bits per heavy atom. The van der Waals surface area contributed by atoms with Crippen molar-refractivity contribution < 1.29 is 15.8 Å². The van der Waals surface area contributed by atoms with Gasteiger partial charge in [-0.2, -0.15) is 5.06 Å². The molecule has 4 heteroatoms. The zero-order valence-electron chi connectivity index (χ0n) is 6.66. The van der Waals surface area contributed by atoms with Gasteiger partial charge in [-0.15, -0.1) is 0 Å². The Hall–Kier alpha value is -0.160. The number of aliphatic hydroxyl groups is 1. The molecule has 1 rings (SSSR count). The van der Waals surface area contributed by atoms with Crippen LogP contribution in [0.25, 0.3) is 0 Å². The van der Waals surface area contributed by atoms with Gasteiger partial charge in [0.25, 0.3) is 0 Å². The van der Waals surface area contributed by atoms with E-state index in [0.717, 1.165) is 19.4 Å². The first kappa shape index (κ1) is 10.8. The number of rotatable bonds is 2. The molecule has 11 heavy (non-hydrogen) atoms. The van der Waals surface area contributed by atoms with Crippen molar-refractivity contribution >= 4 is 0 Å². The lowest BCUT2D eigenvalue weighted by Gasteiger charge is -2.29. The summed E-state index contributed by atoms with van der Waals surface area (Å²) >= 11 is 0.